The van der Waals surface area contributed by atoms with Crippen LogP contribution in [0.25, 0.3) is 0 Å². The summed E-state index contributed by atoms with van der Waals surface area (Å²) in [7, 11) is -3.69. The van der Waals surface area contributed by atoms with Gasteiger partial charge in [-0.3, -0.25) is 9.89 Å². The van der Waals surface area contributed by atoms with Crippen LogP contribution in [0.2, 0.25) is 0 Å². The van der Waals surface area contributed by atoms with Gasteiger partial charge in [-0.2, -0.15) is 5.10 Å². The number of nitrogens with zero attached hydrogens (tertiary/aromatic N) is 2. The molecule has 2 aromatic rings. The highest BCUT2D eigenvalue weighted by molar-refractivity contribution is 7.89. The highest BCUT2D eigenvalue weighted by Gasteiger charge is 2.16. The van der Waals surface area contributed by atoms with E-state index in [2.05, 4.69) is 19.9 Å². The maximum Gasteiger partial charge on any atom is 0.240 e. The van der Waals surface area contributed by atoms with Gasteiger partial charge in [0.15, 0.2) is 5.78 Å². The quantitative estimate of drug-likeness (QED) is 0.769. The van der Waals surface area contributed by atoms with Crippen molar-refractivity contribution in [3.05, 3.63) is 42.0 Å². The molecule has 1 heterocycles. The van der Waals surface area contributed by atoms with Gasteiger partial charge in [-0.05, 0) is 12.1 Å². The summed E-state index contributed by atoms with van der Waals surface area (Å²) < 4.78 is 26.6. The van der Waals surface area contributed by atoms with Crippen molar-refractivity contribution in [3.8, 4) is 0 Å². The molecule has 2 N–H and O–H groups in total. The number of sulfonamides is 1. The Hall–Kier alpha value is -2.06. The van der Waals surface area contributed by atoms with Gasteiger partial charge in [0.25, 0.3) is 0 Å². The minimum absolute atomic E-state index is 0.00822. The van der Waals surface area contributed by atoms with E-state index >= 15 is 0 Å². The fraction of sp³-hybridized carbons (Fsp3) is 0.250. The van der Waals surface area contributed by atoms with Gasteiger partial charge in [0.2, 0.25) is 10.0 Å². The maximum atomic E-state index is 12.1. The Balaban J connectivity index is 2.18. The number of carbonyl (C=O) groups is 1. The van der Waals surface area contributed by atoms with E-state index in [0.717, 1.165) is 0 Å². The van der Waals surface area contributed by atoms with E-state index < -0.39 is 10.0 Å². The SMILES string of the molecule is CCC(=O)c1cccc(S(=O)(=O)NCc2ncn[nH]2)c1. The lowest BCUT2D eigenvalue weighted by Gasteiger charge is -2.06. The van der Waals surface area contributed by atoms with Crippen LogP contribution in [0.1, 0.15) is 29.5 Å². The summed E-state index contributed by atoms with van der Waals surface area (Å²) in [6.07, 6.45) is 1.62. The smallest absolute Gasteiger partial charge is 0.240 e. The van der Waals surface area contributed by atoms with Crippen molar-refractivity contribution in [2.45, 2.75) is 24.8 Å². The summed E-state index contributed by atoms with van der Waals surface area (Å²) >= 11 is 0. The molecule has 0 unspecified atom stereocenters. The Morgan fingerprint density at radius 2 is 2.20 bits per heavy atom. The Morgan fingerprint density at radius 3 is 2.85 bits per heavy atom. The molecule has 0 bridgehead atoms. The molecule has 2 rings (SSSR count). The average Bonchev–Trinajstić information content (AvgIpc) is 2.98. The fourth-order valence-corrected chi connectivity index (χ4v) is 2.64. The number of aromatic amines is 1. The largest absolute Gasteiger partial charge is 0.294 e. The number of H-pyrrole nitrogens is 1. The maximum absolute atomic E-state index is 12.1. The normalized spacial score (nSPS) is 11.4. The molecule has 106 valence electrons. The highest BCUT2D eigenvalue weighted by Crippen LogP contribution is 2.13. The van der Waals surface area contributed by atoms with Crippen LogP contribution in [0.3, 0.4) is 0 Å². The molecule has 0 saturated heterocycles. The lowest BCUT2D eigenvalue weighted by atomic mass is 10.1. The first-order chi connectivity index (χ1) is 9.53. The predicted molar refractivity (Wildman–Crippen MR) is 71.5 cm³/mol. The predicted octanol–water partition coefficient (Wildman–Crippen LogP) is 0.876. The van der Waals surface area contributed by atoms with E-state index in [-0.39, 0.29) is 17.2 Å². The van der Waals surface area contributed by atoms with Gasteiger partial charge < -0.3 is 0 Å². The van der Waals surface area contributed by atoms with Crippen molar-refractivity contribution in [1.29, 1.82) is 0 Å². The second-order valence-corrected chi connectivity index (χ2v) is 5.83. The molecule has 0 spiro atoms. The van der Waals surface area contributed by atoms with Gasteiger partial charge in [0.1, 0.15) is 12.2 Å². The van der Waals surface area contributed by atoms with E-state index in [1.165, 1.54) is 18.5 Å². The molecule has 8 heteroatoms. The number of hydrogen-bond acceptors (Lipinski definition) is 5. The van der Waals surface area contributed by atoms with Gasteiger partial charge in [-0.15, -0.1) is 0 Å². The van der Waals surface area contributed by atoms with E-state index in [9.17, 15) is 13.2 Å². The number of hydrogen-bond donors (Lipinski definition) is 2. The monoisotopic (exact) mass is 294 g/mol. The molecule has 0 fully saturated rings. The van der Waals surface area contributed by atoms with Crippen molar-refractivity contribution < 1.29 is 13.2 Å². The zero-order valence-electron chi connectivity index (χ0n) is 10.8. The standard InChI is InChI=1S/C12H14N4O3S/c1-2-11(17)9-4-3-5-10(6-9)20(18,19)15-7-12-13-8-14-16-12/h3-6,8,15H,2,7H2,1H3,(H,13,14,16). The van der Waals surface area contributed by atoms with Crippen LogP contribution in [0, 0.1) is 0 Å². The second kappa shape index (κ2) is 5.93. The number of Topliss-reactive ketones (excluding diaryl/α,β-unsaturated/α-hetero) is 1. The molecule has 1 aromatic heterocycles. The van der Waals surface area contributed by atoms with Crippen LogP contribution < -0.4 is 4.72 Å². The topological polar surface area (TPSA) is 105 Å². The summed E-state index contributed by atoms with van der Waals surface area (Å²) in [4.78, 5) is 15.5. The lowest BCUT2D eigenvalue weighted by Crippen LogP contribution is -2.24. The third kappa shape index (κ3) is 3.28. The van der Waals surface area contributed by atoms with Crippen LogP contribution in [-0.4, -0.2) is 29.4 Å². The molecule has 20 heavy (non-hydrogen) atoms. The third-order valence-electron chi connectivity index (χ3n) is 2.68. The average molecular weight is 294 g/mol. The number of carbonyl (C=O) groups excluding carboxylic acids is 1. The minimum atomic E-state index is -3.69. The summed E-state index contributed by atoms with van der Waals surface area (Å²) in [5, 5.41) is 6.19. The number of rotatable bonds is 6. The molecular formula is C12H14N4O3S. The van der Waals surface area contributed by atoms with Crippen molar-refractivity contribution in [2.75, 3.05) is 0 Å². The van der Waals surface area contributed by atoms with Crippen LogP contribution in [0.15, 0.2) is 35.5 Å². The van der Waals surface area contributed by atoms with E-state index in [4.69, 9.17) is 0 Å². The van der Waals surface area contributed by atoms with E-state index in [1.807, 2.05) is 0 Å². The minimum Gasteiger partial charge on any atom is -0.294 e. The second-order valence-electron chi connectivity index (χ2n) is 4.06. The molecule has 7 nitrogen and oxygen atoms in total. The molecule has 0 aliphatic carbocycles. The first-order valence-corrected chi connectivity index (χ1v) is 7.48. The summed E-state index contributed by atoms with van der Waals surface area (Å²) in [6, 6.07) is 5.96. The molecular weight excluding hydrogens is 280 g/mol. The van der Waals surface area contributed by atoms with Crippen molar-refractivity contribution in [2.24, 2.45) is 0 Å². The molecule has 1 aromatic carbocycles. The Bertz CT molecular complexity index is 695. The molecule has 0 amide bonds. The number of aromatic nitrogens is 3. The van der Waals surface area contributed by atoms with E-state index in [0.29, 0.717) is 17.8 Å². The molecule has 0 saturated carbocycles. The van der Waals surface area contributed by atoms with Crippen molar-refractivity contribution in [3.63, 3.8) is 0 Å². The first-order valence-electron chi connectivity index (χ1n) is 6.00. The molecule has 0 radical (unpaired) electrons. The summed E-state index contributed by atoms with van der Waals surface area (Å²) in [5.74, 6) is 0.312. The molecule has 0 aliphatic heterocycles. The Kier molecular flexibility index (Phi) is 4.26. The van der Waals surface area contributed by atoms with Gasteiger partial charge in [0.05, 0.1) is 11.4 Å². The van der Waals surface area contributed by atoms with Crippen LogP contribution in [0.4, 0.5) is 0 Å². The van der Waals surface area contributed by atoms with Crippen molar-refractivity contribution in [1.82, 2.24) is 19.9 Å². The van der Waals surface area contributed by atoms with Gasteiger partial charge in [0, 0.05) is 12.0 Å². The van der Waals surface area contributed by atoms with E-state index in [1.54, 1.807) is 19.1 Å². The van der Waals surface area contributed by atoms with Crippen LogP contribution in [-0.2, 0) is 16.6 Å². The van der Waals surface area contributed by atoms with Gasteiger partial charge in [-0.1, -0.05) is 19.1 Å². The molecule has 0 aliphatic rings. The van der Waals surface area contributed by atoms with Crippen LogP contribution >= 0.6 is 0 Å². The lowest BCUT2D eigenvalue weighted by molar-refractivity contribution is 0.0988. The number of benzene rings is 1. The number of ketones is 1. The zero-order chi connectivity index (χ0) is 14.6. The number of nitrogens with one attached hydrogen (secondary N) is 2. The summed E-state index contributed by atoms with van der Waals surface area (Å²) in [5.41, 5.74) is 0.384. The first kappa shape index (κ1) is 14.4. The highest BCUT2D eigenvalue weighted by atomic mass is 32.2. The fourth-order valence-electron chi connectivity index (χ4n) is 1.60. The van der Waals surface area contributed by atoms with Crippen molar-refractivity contribution >= 4 is 15.8 Å². The zero-order valence-corrected chi connectivity index (χ0v) is 11.6. The molecule has 0 atom stereocenters. The Labute approximate surface area is 116 Å². The third-order valence-corrected chi connectivity index (χ3v) is 4.08. The van der Waals surface area contributed by atoms with Gasteiger partial charge in [-0.25, -0.2) is 18.1 Å². The van der Waals surface area contributed by atoms with Gasteiger partial charge >= 0.3 is 0 Å². The summed E-state index contributed by atoms with van der Waals surface area (Å²) in [6.45, 7) is 1.74. The van der Waals surface area contributed by atoms with Crippen LogP contribution in [0.5, 0.6) is 0 Å². The Morgan fingerprint density at radius 1 is 1.40 bits per heavy atom.